The molecule has 0 aliphatic heterocycles. The molecule has 18 heavy (non-hydrogen) atoms. The van der Waals surface area contributed by atoms with Crippen molar-refractivity contribution in [2.75, 3.05) is 0 Å². The van der Waals surface area contributed by atoms with Crippen molar-refractivity contribution in [3.63, 3.8) is 0 Å². The van der Waals surface area contributed by atoms with E-state index in [0.29, 0.717) is 6.54 Å². The first-order valence-corrected chi connectivity index (χ1v) is 6.49. The average molecular weight is 243 g/mol. The van der Waals surface area contributed by atoms with Crippen LogP contribution in [0.15, 0.2) is 24.3 Å². The molecule has 0 aliphatic carbocycles. The van der Waals surface area contributed by atoms with Crippen LogP contribution in [0.3, 0.4) is 0 Å². The summed E-state index contributed by atoms with van der Waals surface area (Å²) >= 11 is 0. The minimum absolute atomic E-state index is 0.477. The fourth-order valence-electron chi connectivity index (χ4n) is 2.21. The summed E-state index contributed by atoms with van der Waals surface area (Å²) in [6, 6.07) is 8.69. The lowest BCUT2D eigenvalue weighted by atomic mass is 10.1. The average Bonchev–Trinajstić information content (AvgIpc) is 2.68. The second-order valence-electron chi connectivity index (χ2n) is 4.67. The van der Waals surface area contributed by atoms with Crippen LogP contribution in [0.1, 0.15) is 30.4 Å². The maximum atomic E-state index is 5.69. The first kappa shape index (κ1) is 12.8. The molecule has 0 fully saturated rings. The van der Waals surface area contributed by atoms with Gasteiger partial charge in [0.25, 0.3) is 0 Å². The molecule has 2 rings (SSSR count). The van der Waals surface area contributed by atoms with Crippen molar-refractivity contribution in [2.45, 2.75) is 33.2 Å². The first-order valence-electron chi connectivity index (χ1n) is 6.49. The molecule has 0 spiro atoms. The number of nitrogens with two attached hydrogens (primary N) is 1. The minimum atomic E-state index is 0.477. The lowest BCUT2D eigenvalue weighted by molar-refractivity contribution is 0.774. The summed E-state index contributed by atoms with van der Waals surface area (Å²) in [5.74, 6) is 0.931. The van der Waals surface area contributed by atoms with Crippen molar-refractivity contribution in [2.24, 2.45) is 12.8 Å². The number of rotatable bonds is 4. The van der Waals surface area contributed by atoms with Crippen LogP contribution in [-0.2, 0) is 20.0 Å². The summed E-state index contributed by atoms with van der Waals surface area (Å²) in [6.45, 7) is 4.76. The summed E-state index contributed by atoms with van der Waals surface area (Å²) in [7, 11) is 2.01. The summed E-state index contributed by atoms with van der Waals surface area (Å²) in [5, 5.41) is 0. The second-order valence-corrected chi connectivity index (χ2v) is 4.67. The van der Waals surface area contributed by atoms with Crippen LogP contribution < -0.4 is 5.73 Å². The van der Waals surface area contributed by atoms with Crippen molar-refractivity contribution in [3.8, 4) is 11.3 Å². The largest absolute Gasteiger partial charge is 0.334 e. The Morgan fingerprint density at radius 2 is 1.89 bits per heavy atom. The van der Waals surface area contributed by atoms with E-state index in [2.05, 4.69) is 47.7 Å². The molecule has 0 amide bonds. The molecule has 0 bridgehead atoms. The van der Waals surface area contributed by atoms with E-state index in [0.717, 1.165) is 17.9 Å². The molecule has 0 unspecified atom stereocenters. The maximum absolute atomic E-state index is 5.69. The number of hydrogen-bond donors (Lipinski definition) is 1. The fraction of sp³-hybridized carbons (Fsp3) is 0.400. The van der Waals surface area contributed by atoms with E-state index in [-0.39, 0.29) is 0 Å². The molecule has 0 saturated heterocycles. The van der Waals surface area contributed by atoms with Crippen LogP contribution in [0.25, 0.3) is 11.3 Å². The van der Waals surface area contributed by atoms with E-state index in [4.69, 9.17) is 5.73 Å². The van der Waals surface area contributed by atoms with Crippen molar-refractivity contribution < 1.29 is 0 Å². The van der Waals surface area contributed by atoms with E-state index >= 15 is 0 Å². The number of nitrogens with zero attached hydrogens (tertiary/aromatic N) is 2. The molecule has 3 nitrogen and oxygen atoms in total. The van der Waals surface area contributed by atoms with Crippen LogP contribution in [0, 0.1) is 6.92 Å². The Labute approximate surface area is 109 Å². The highest BCUT2D eigenvalue weighted by molar-refractivity contribution is 5.62. The Morgan fingerprint density at radius 3 is 2.39 bits per heavy atom. The van der Waals surface area contributed by atoms with Gasteiger partial charge in [-0.2, -0.15) is 0 Å². The molecule has 1 heterocycles. The van der Waals surface area contributed by atoms with Crippen molar-refractivity contribution in [3.05, 3.63) is 41.3 Å². The zero-order chi connectivity index (χ0) is 13.1. The number of aromatic nitrogens is 2. The van der Waals surface area contributed by atoms with Gasteiger partial charge in [-0.1, -0.05) is 37.6 Å². The molecule has 1 aromatic carbocycles. The highest BCUT2D eigenvalue weighted by atomic mass is 15.1. The van der Waals surface area contributed by atoms with E-state index in [9.17, 15) is 0 Å². The quantitative estimate of drug-likeness (QED) is 0.897. The van der Waals surface area contributed by atoms with Gasteiger partial charge >= 0.3 is 0 Å². The molecule has 2 aromatic rings. The van der Waals surface area contributed by atoms with E-state index in [1.54, 1.807) is 0 Å². The minimum Gasteiger partial charge on any atom is -0.334 e. The lowest BCUT2D eigenvalue weighted by Crippen LogP contribution is -2.05. The van der Waals surface area contributed by atoms with Gasteiger partial charge in [0.2, 0.25) is 0 Å². The summed E-state index contributed by atoms with van der Waals surface area (Å²) in [6.07, 6.45) is 2.31. The maximum Gasteiger partial charge on any atom is 0.123 e. The Morgan fingerprint density at radius 1 is 1.22 bits per heavy atom. The highest BCUT2D eigenvalue weighted by Crippen LogP contribution is 2.23. The zero-order valence-corrected chi connectivity index (χ0v) is 11.4. The Hall–Kier alpha value is -1.61. The van der Waals surface area contributed by atoms with Gasteiger partial charge < -0.3 is 10.3 Å². The third-order valence-electron chi connectivity index (χ3n) is 3.42. The van der Waals surface area contributed by atoms with E-state index in [1.165, 1.54) is 23.2 Å². The van der Waals surface area contributed by atoms with Crippen LogP contribution >= 0.6 is 0 Å². The molecular weight excluding hydrogens is 222 g/mol. The van der Waals surface area contributed by atoms with Gasteiger partial charge in [0.15, 0.2) is 0 Å². The topological polar surface area (TPSA) is 43.8 Å². The molecule has 0 radical (unpaired) electrons. The SMILES string of the molecule is CCCc1ccc(-c2nc(CN)n(C)c2C)cc1. The van der Waals surface area contributed by atoms with Gasteiger partial charge in [0.1, 0.15) is 5.82 Å². The Kier molecular flexibility index (Phi) is 3.82. The molecule has 0 saturated carbocycles. The van der Waals surface area contributed by atoms with Crippen molar-refractivity contribution in [1.82, 2.24) is 9.55 Å². The third kappa shape index (κ3) is 2.31. The van der Waals surface area contributed by atoms with Crippen LogP contribution in [0.4, 0.5) is 0 Å². The highest BCUT2D eigenvalue weighted by Gasteiger charge is 2.11. The van der Waals surface area contributed by atoms with Gasteiger partial charge in [0, 0.05) is 18.3 Å². The predicted molar refractivity (Wildman–Crippen MR) is 75.3 cm³/mol. The van der Waals surface area contributed by atoms with Gasteiger partial charge in [-0.05, 0) is 18.9 Å². The first-order chi connectivity index (χ1) is 8.67. The smallest absolute Gasteiger partial charge is 0.123 e. The summed E-state index contributed by atoms with van der Waals surface area (Å²) in [4.78, 5) is 4.61. The summed E-state index contributed by atoms with van der Waals surface area (Å²) in [5.41, 5.74) is 10.5. The lowest BCUT2D eigenvalue weighted by Gasteiger charge is -2.03. The molecule has 1 aromatic heterocycles. The Bertz CT molecular complexity index is 523. The number of aryl methyl sites for hydroxylation is 1. The van der Waals surface area contributed by atoms with Gasteiger partial charge in [0.05, 0.1) is 12.2 Å². The van der Waals surface area contributed by atoms with Crippen LogP contribution in [0.2, 0.25) is 0 Å². The number of imidazole rings is 1. The molecule has 2 N–H and O–H groups in total. The molecule has 0 atom stereocenters. The van der Waals surface area contributed by atoms with E-state index in [1.807, 2.05) is 7.05 Å². The van der Waals surface area contributed by atoms with Crippen molar-refractivity contribution in [1.29, 1.82) is 0 Å². The van der Waals surface area contributed by atoms with E-state index < -0.39 is 0 Å². The van der Waals surface area contributed by atoms with Gasteiger partial charge in [-0.3, -0.25) is 0 Å². The van der Waals surface area contributed by atoms with Crippen molar-refractivity contribution >= 4 is 0 Å². The normalized spacial score (nSPS) is 10.9. The molecule has 96 valence electrons. The monoisotopic (exact) mass is 243 g/mol. The van der Waals surface area contributed by atoms with Crippen LogP contribution in [0.5, 0.6) is 0 Å². The van der Waals surface area contributed by atoms with Gasteiger partial charge in [-0.25, -0.2) is 4.98 Å². The summed E-state index contributed by atoms with van der Waals surface area (Å²) < 4.78 is 2.06. The Balaban J connectivity index is 2.36. The molecular formula is C15H21N3. The predicted octanol–water partition coefficient (Wildman–Crippen LogP) is 2.81. The van der Waals surface area contributed by atoms with Crippen LogP contribution in [-0.4, -0.2) is 9.55 Å². The fourth-order valence-corrected chi connectivity index (χ4v) is 2.21. The molecule has 3 heteroatoms. The third-order valence-corrected chi connectivity index (χ3v) is 3.42. The second kappa shape index (κ2) is 5.36. The zero-order valence-electron chi connectivity index (χ0n) is 11.4. The number of benzene rings is 1. The molecule has 0 aliphatic rings. The van der Waals surface area contributed by atoms with Gasteiger partial charge in [-0.15, -0.1) is 0 Å². The standard InChI is InChI=1S/C15H21N3/c1-4-5-12-6-8-13(9-7-12)15-11(2)18(3)14(10-16)17-15/h6-9H,4-5,10,16H2,1-3H3. The number of hydrogen-bond acceptors (Lipinski definition) is 2.